The summed E-state index contributed by atoms with van der Waals surface area (Å²) >= 11 is 0. The highest BCUT2D eigenvalue weighted by Gasteiger charge is 2.19. The second-order valence-corrected chi connectivity index (χ2v) is 6.24. The van der Waals surface area contributed by atoms with E-state index < -0.39 is 10.8 Å². The van der Waals surface area contributed by atoms with Crippen molar-refractivity contribution in [3.8, 4) is 5.75 Å². The minimum atomic E-state index is -0.706. The topological polar surface area (TPSA) is 81.4 Å². The first-order valence-corrected chi connectivity index (χ1v) is 7.75. The Bertz CT molecular complexity index is 451. The van der Waals surface area contributed by atoms with Gasteiger partial charge < -0.3 is 15.8 Å². The van der Waals surface area contributed by atoms with Crippen LogP contribution in [0.2, 0.25) is 0 Å². The summed E-state index contributed by atoms with van der Waals surface area (Å²) in [4.78, 5) is 11.7. The number of carbonyl (C=O) groups is 1. The third-order valence-corrected chi connectivity index (χ3v) is 4.39. The van der Waals surface area contributed by atoms with Crippen molar-refractivity contribution in [1.29, 1.82) is 0 Å². The van der Waals surface area contributed by atoms with Crippen molar-refractivity contribution in [2.45, 2.75) is 18.9 Å². The molecule has 1 heterocycles. The van der Waals surface area contributed by atoms with E-state index in [0.717, 1.165) is 12.8 Å². The summed E-state index contributed by atoms with van der Waals surface area (Å²) in [5.74, 6) is 1.82. The van der Waals surface area contributed by atoms with Crippen LogP contribution >= 0.6 is 0 Å². The lowest BCUT2D eigenvalue weighted by Crippen LogP contribution is -2.41. The molecule has 1 saturated heterocycles. The number of benzene rings is 1. The van der Waals surface area contributed by atoms with Crippen LogP contribution in [0.25, 0.3) is 0 Å². The zero-order valence-corrected chi connectivity index (χ0v) is 11.4. The standard InChI is InChI=1S/C13H18N2O3S/c14-10-1-3-12(4-2-10)18-9-13(16)15-11-5-7-19(17)8-6-11/h1-4,11H,5-9,14H2,(H,15,16). The van der Waals surface area contributed by atoms with Crippen LogP contribution < -0.4 is 15.8 Å². The molecule has 1 aliphatic heterocycles. The number of anilines is 1. The van der Waals surface area contributed by atoms with Gasteiger partial charge in [-0.25, -0.2) is 0 Å². The molecule has 0 aromatic heterocycles. The van der Waals surface area contributed by atoms with Gasteiger partial charge in [0.05, 0.1) is 0 Å². The lowest BCUT2D eigenvalue weighted by atomic mass is 10.1. The lowest BCUT2D eigenvalue weighted by Gasteiger charge is -2.22. The van der Waals surface area contributed by atoms with Crippen molar-refractivity contribution in [2.24, 2.45) is 0 Å². The molecular formula is C13H18N2O3S. The molecular weight excluding hydrogens is 264 g/mol. The molecule has 0 atom stereocenters. The number of nitrogens with one attached hydrogen (secondary N) is 1. The van der Waals surface area contributed by atoms with Crippen LogP contribution in [0.4, 0.5) is 5.69 Å². The second-order valence-electron chi connectivity index (χ2n) is 4.55. The number of amides is 1. The maximum Gasteiger partial charge on any atom is 0.258 e. The average molecular weight is 282 g/mol. The molecule has 0 aliphatic carbocycles. The third kappa shape index (κ3) is 4.55. The number of ether oxygens (including phenoxy) is 1. The zero-order chi connectivity index (χ0) is 13.7. The molecule has 1 fully saturated rings. The molecule has 104 valence electrons. The van der Waals surface area contributed by atoms with E-state index in [2.05, 4.69) is 5.32 Å². The van der Waals surface area contributed by atoms with E-state index in [4.69, 9.17) is 10.5 Å². The molecule has 2 rings (SSSR count). The number of rotatable bonds is 4. The fourth-order valence-electron chi connectivity index (χ4n) is 1.92. The maximum atomic E-state index is 11.7. The summed E-state index contributed by atoms with van der Waals surface area (Å²) in [6, 6.07) is 7.03. The highest BCUT2D eigenvalue weighted by atomic mass is 32.2. The van der Waals surface area contributed by atoms with Crippen molar-refractivity contribution in [2.75, 3.05) is 23.8 Å². The quantitative estimate of drug-likeness (QED) is 0.796. The Morgan fingerprint density at radius 1 is 1.32 bits per heavy atom. The van der Waals surface area contributed by atoms with Crippen LogP contribution in [0.15, 0.2) is 24.3 Å². The van der Waals surface area contributed by atoms with Crippen LogP contribution in [0.3, 0.4) is 0 Å². The van der Waals surface area contributed by atoms with Gasteiger partial charge in [-0.2, -0.15) is 0 Å². The SMILES string of the molecule is Nc1ccc(OCC(=O)NC2CCS(=O)CC2)cc1. The van der Waals surface area contributed by atoms with E-state index in [-0.39, 0.29) is 18.6 Å². The van der Waals surface area contributed by atoms with E-state index in [9.17, 15) is 9.00 Å². The van der Waals surface area contributed by atoms with E-state index >= 15 is 0 Å². The van der Waals surface area contributed by atoms with Crippen molar-refractivity contribution in [1.82, 2.24) is 5.32 Å². The van der Waals surface area contributed by atoms with Crippen LogP contribution in [-0.2, 0) is 15.6 Å². The highest BCUT2D eigenvalue weighted by Crippen LogP contribution is 2.13. The van der Waals surface area contributed by atoms with Gasteiger partial charge in [-0.3, -0.25) is 9.00 Å². The molecule has 1 aliphatic rings. The van der Waals surface area contributed by atoms with Gasteiger partial charge in [0.15, 0.2) is 6.61 Å². The first kappa shape index (κ1) is 13.9. The van der Waals surface area contributed by atoms with Gasteiger partial charge in [-0.05, 0) is 37.1 Å². The summed E-state index contributed by atoms with van der Waals surface area (Å²) in [5, 5.41) is 2.90. The van der Waals surface area contributed by atoms with Crippen LogP contribution in [0.5, 0.6) is 5.75 Å². The molecule has 19 heavy (non-hydrogen) atoms. The Balaban J connectivity index is 1.72. The molecule has 1 aromatic rings. The van der Waals surface area contributed by atoms with E-state index in [1.54, 1.807) is 24.3 Å². The molecule has 6 heteroatoms. The Morgan fingerprint density at radius 2 is 1.95 bits per heavy atom. The van der Waals surface area contributed by atoms with E-state index in [0.29, 0.717) is 22.9 Å². The summed E-state index contributed by atoms with van der Waals surface area (Å²) in [6.45, 7) is -0.0104. The van der Waals surface area contributed by atoms with Gasteiger partial charge >= 0.3 is 0 Å². The van der Waals surface area contributed by atoms with Gasteiger partial charge in [0.1, 0.15) is 5.75 Å². The maximum absolute atomic E-state index is 11.7. The summed E-state index contributed by atoms with van der Waals surface area (Å²) in [5.41, 5.74) is 6.22. The molecule has 0 radical (unpaired) electrons. The monoisotopic (exact) mass is 282 g/mol. The Kier molecular flexibility index (Phi) is 4.79. The molecule has 0 spiro atoms. The molecule has 0 bridgehead atoms. The molecule has 5 nitrogen and oxygen atoms in total. The predicted molar refractivity (Wildman–Crippen MR) is 75.4 cm³/mol. The van der Waals surface area contributed by atoms with Gasteiger partial charge in [-0.1, -0.05) is 0 Å². The summed E-state index contributed by atoms with van der Waals surface area (Å²) in [7, 11) is -0.706. The number of hydrogen-bond acceptors (Lipinski definition) is 4. The van der Waals surface area contributed by atoms with Crippen LogP contribution in [0, 0.1) is 0 Å². The summed E-state index contributed by atoms with van der Waals surface area (Å²) < 4.78 is 16.6. The number of hydrogen-bond donors (Lipinski definition) is 2. The molecule has 1 aromatic carbocycles. The number of carbonyl (C=O) groups excluding carboxylic acids is 1. The van der Waals surface area contributed by atoms with Gasteiger partial charge in [0.25, 0.3) is 5.91 Å². The first-order valence-electron chi connectivity index (χ1n) is 6.26. The number of nitrogens with two attached hydrogens (primary N) is 1. The van der Waals surface area contributed by atoms with Crippen molar-refractivity contribution >= 4 is 22.4 Å². The van der Waals surface area contributed by atoms with Gasteiger partial charge in [0, 0.05) is 34.0 Å². The predicted octanol–water partition coefficient (Wildman–Crippen LogP) is 0.675. The van der Waals surface area contributed by atoms with Crippen molar-refractivity contribution < 1.29 is 13.7 Å². The largest absolute Gasteiger partial charge is 0.484 e. The minimum Gasteiger partial charge on any atom is -0.484 e. The fourth-order valence-corrected chi connectivity index (χ4v) is 3.22. The fraction of sp³-hybridized carbons (Fsp3) is 0.462. The second kappa shape index (κ2) is 6.56. The molecule has 3 N–H and O–H groups in total. The average Bonchev–Trinajstić information content (AvgIpc) is 2.41. The normalized spacial score (nSPS) is 22.7. The Labute approximate surface area is 115 Å². The van der Waals surface area contributed by atoms with Crippen molar-refractivity contribution in [3.63, 3.8) is 0 Å². The first-order chi connectivity index (χ1) is 9.13. The Hall–Kier alpha value is -1.56. The van der Waals surface area contributed by atoms with Gasteiger partial charge in [-0.15, -0.1) is 0 Å². The van der Waals surface area contributed by atoms with E-state index in [1.165, 1.54) is 0 Å². The lowest BCUT2D eigenvalue weighted by molar-refractivity contribution is -0.123. The summed E-state index contributed by atoms with van der Waals surface area (Å²) in [6.07, 6.45) is 1.56. The number of nitrogen functional groups attached to an aromatic ring is 1. The molecule has 0 unspecified atom stereocenters. The third-order valence-electron chi connectivity index (χ3n) is 3.00. The molecule has 1 amide bonds. The van der Waals surface area contributed by atoms with Crippen LogP contribution in [-0.4, -0.2) is 34.3 Å². The smallest absolute Gasteiger partial charge is 0.258 e. The highest BCUT2D eigenvalue weighted by molar-refractivity contribution is 7.85. The zero-order valence-electron chi connectivity index (χ0n) is 10.6. The van der Waals surface area contributed by atoms with Crippen molar-refractivity contribution in [3.05, 3.63) is 24.3 Å². The molecule has 0 saturated carbocycles. The van der Waals surface area contributed by atoms with Crippen LogP contribution in [0.1, 0.15) is 12.8 Å². The van der Waals surface area contributed by atoms with E-state index in [1.807, 2.05) is 0 Å². The van der Waals surface area contributed by atoms with Gasteiger partial charge in [0.2, 0.25) is 0 Å². The minimum absolute atomic E-state index is 0.0104. The Morgan fingerprint density at radius 3 is 2.58 bits per heavy atom.